The number of benzene rings is 1. The smallest absolute Gasteiger partial charge is 0.408 e. The standard InChI is InChI=1S/C22H32N4O6S/c1-21(2,3)31-20(27)24-22(4,5)19-23-18(32-25-19)15-30-16-9-11-17(12-10-16)33(28,29)26-13-7-6-8-14-26/h9-12H,6-8,13-15H2,1-5H3,(H,24,27). The van der Waals surface area contributed by atoms with E-state index in [9.17, 15) is 13.2 Å². The molecule has 0 unspecified atom stereocenters. The predicted molar refractivity (Wildman–Crippen MR) is 120 cm³/mol. The van der Waals surface area contributed by atoms with E-state index in [0.717, 1.165) is 19.3 Å². The molecule has 1 aliphatic heterocycles. The Kier molecular flexibility index (Phi) is 7.32. The van der Waals surface area contributed by atoms with Gasteiger partial charge in [0.2, 0.25) is 10.0 Å². The van der Waals surface area contributed by atoms with Gasteiger partial charge in [-0.2, -0.15) is 9.29 Å². The van der Waals surface area contributed by atoms with Gasteiger partial charge in [-0.1, -0.05) is 11.6 Å². The van der Waals surface area contributed by atoms with Gasteiger partial charge in [0.15, 0.2) is 12.4 Å². The molecule has 182 valence electrons. The summed E-state index contributed by atoms with van der Waals surface area (Å²) in [6.45, 7) is 9.89. The molecule has 0 bridgehead atoms. The minimum atomic E-state index is -3.49. The minimum absolute atomic E-state index is 0.00621. The summed E-state index contributed by atoms with van der Waals surface area (Å²) in [5.74, 6) is 0.961. The number of aromatic nitrogens is 2. The average molecular weight is 481 g/mol. The van der Waals surface area contributed by atoms with Crippen LogP contribution < -0.4 is 10.1 Å². The number of nitrogens with one attached hydrogen (secondary N) is 1. The molecule has 0 spiro atoms. The number of piperidine rings is 1. The molecule has 1 aromatic heterocycles. The summed E-state index contributed by atoms with van der Waals surface area (Å²) < 4.78 is 43.2. The molecule has 2 heterocycles. The first-order valence-electron chi connectivity index (χ1n) is 10.9. The molecule has 10 nitrogen and oxygen atoms in total. The van der Waals surface area contributed by atoms with Gasteiger partial charge in [0.05, 0.1) is 4.90 Å². The number of amides is 1. The van der Waals surface area contributed by atoms with Crippen LogP contribution in [0.2, 0.25) is 0 Å². The maximum Gasteiger partial charge on any atom is 0.408 e. The molecule has 3 rings (SSSR count). The lowest BCUT2D eigenvalue weighted by Crippen LogP contribution is -2.44. The van der Waals surface area contributed by atoms with Crippen LogP contribution in [-0.2, 0) is 26.9 Å². The summed E-state index contributed by atoms with van der Waals surface area (Å²) >= 11 is 0. The van der Waals surface area contributed by atoms with Crippen molar-refractivity contribution in [2.45, 2.75) is 76.5 Å². The Labute approximate surface area is 194 Å². The van der Waals surface area contributed by atoms with Crippen molar-refractivity contribution in [3.8, 4) is 5.75 Å². The van der Waals surface area contributed by atoms with Crippen molar-refractivity contribution in [2.75, 3.05) is 13.1 Å². The number of nitrogens with zero attached hydrogens (tertiary/aromatic N) is 3. The molecule has 0 atom stereocenters. The number of ether oxygens (including phenoxy) is 2. The zero-order valence-corrected chi connectivity index (χ0v) is 20.6. The lowest BCUT2D eigenvalue weighted by Gasteiger charge is -2.26. The minimum Gasteiger partial charge on any atom is -0.484 e. The molecule has 1 fully saturated rings. The highest BCUT2D eigenvalue weighted by Crippen LogP contribution is 2.23. The van der Waals surface area contributed by atoms with Crippen LogP contribution in [0.3, 0.4) is 0 Å². The van der Waals surface area contributed by atoms with Crippen LogP contribution in [0.1, 0.15) is 65.6 Å². The predicted octanol–water partition coefficient (Wildman–Crippen LogP) is 3.58. The Bertz CT molecular complexity index is 1050. The highest BCUT2D eigenvalue weighted by molar-refractivity contribution is 7.89. The number of carbonyl (C=O) groups is 1. The van der Waals surface area contributed by atoms with Gasteiger partial charge < -0.3 is 19.3 Å². The summed E-state index contributed by atoms with van der Waals surface area (Å²) in [7, 11) is -3.49. The monoisotopic (exact) mass is 480 g/mol. The van der Waals surface area contributed by atoms with E-state index in [1.807, 2.05) is 0 Å². The fourth-order valence-electron chi connectivity index (χ4n) is 3.29. The molecule has 1 amide bonds. The van der Waals surface area contributed by atoms with E-state index in [2.05, 4.69) is 15.5 Å². The largest absolute Gasteiger partial charge is 0.484 e. The second kappa shape index (κ2) is 9.68. The quantitative estimate of drug-likeness (QED) is 0.638. The van der Waals surface area contributed by atoms with E-state index in [0.29, 0.717) is 18.8 Å². The van der Waals surface area contributed by atoms with Crippen molar-refractivity contribution < 1.29 is 27.2 Å². The van der Waals surface area contributed by atoms with Gasteiger partial charge in [-0.15, -0.1) is 0 Å². The molecule has 11 heteroatoms. The Hall–Kier alpha value is -2.66. The normalized spacial score (nSPS) is 15.8. The zero-order valence-electron chi connectivity index (χ0n) is 19.8. The first-order chi connectivity index (χ1) is 15.4. The first kappa shape index (κ1) is 25.0. The van der Waals surface area contributed by atoms with Crippen LogP contribution >= 0.6 is 0 Å². The SMILES string of the molecule is CC(C)(C)OC(=O)NC(C)(C)c1noc(COc2ccc(S(=O)(=O)N3CCCCC3)cc2)n1. The van der Waals surface area contributed by atoms with E-state index in [1.54, 1.807) is 46.8 Å². The van der Waals surface area contributed by atoms with Crippen molar-refractivity contribution in [3.05, 3.63) is 36.0 Å². The molecule has 0 saturated carbocycles. The van der Waals surface area contributed by atoms with Gasteiger partial charge in [0.25, 0.3) is 5.89 Å². The van der Waals surface area contributed by atoms with E-state index < -0.39 is 27.3 Å². The van der Waals surface area contributed by atoms with E-state index >= 15 is 0 Å². The molecule has 33 heavy (non-hydrogen) atoms. The van der Waals surface area contributed by atoms with Crippen LogP contribution in [0, 0.1) is 0 Å². The molecule has 2 aromatic rings. The highest BCUT2D eigenvalue weighted by Gasteiger charge is 2.31. The maximum atomic E-state index is 12.7. The summed E-state index contributed by atoms with van der Waals surface area (Å²) in [5, 5.41) is 6.64. The Morgan fingerprint density at radius 3 is 2.33 bits per heavy atom. The topological polar surface area (TPSA) is 124 Å². The van der Waals surface area contributed by atoms with Gasteiger partial charge in [-0.05, 0) is 71.7 Å². The van der Waals surface area contributed by atoms with E-state index in [4.69, 9.17) is 14.0 Å². The second-order valence-corrected chi connectivity index (χ2v) is 11.4. The molecular weight excluding hydrogens is 448 g/mol. The average Bonchev–Trinajstić information content (AvgIpc) is 3.21. The van der Waals surface area contributed by atoms with Gasteiger partial charge in [-0.3, -0.25) is 0 Å². The highest BCUT2D eigenvalue weighted by atomic mass is 32.2. The summed E-state index contributed by atoms with van der Waals surface area (Å²) in [6.07, 6.45) is 2.24. The van der Waals surface area contributed by atoms with Crippen molar-refractivity contribution in [2.24, 2.45) is 0 Å². The number of carbonyl (C=O) groups excluding carboxylic acids is 1. The van der Waals surface area contributed by atoms with E-state index in [-0.39, 0.29) is 23.2 Å². The molecular formula is C22H32N4O6S. The fraction of sp³-hybridized carbons (Fsp3) is 0.591. The molecule has 1 aliphatic rings. The molecule has 0 aliphatic carbocycles. The number of alkyl carbamates (subject to hydrolysis) is 1. The Balaban J connectivity index is 1.58. The van der Waals surface area contributed by atoms with Crippen LogP contribution in [0.4, 0.5) is 4.79 Å². The zero-order chi connectivity index (χ0) is 24.3. The van der Waals surface area contributed by atoms with Gasteiger partial charge in [-0.25, -0.2) is 13.2 Å². The van der Waals surface area contributed by atoms with Crippen LogP contribution in [0.5, 0.6) is 5.75 Å². The Morgan fingerprint density at radius 1 is 1.09 bits per heavy atom. The van der Waals surface area contributed by atoms with Gasteiger partial charge >= 0.3 is 6.09 Å². The van der Waals surface area contributed by atoms with Gasteiger partial charge in [0, 0.05) is 13.1 Å². The van der Waals surface area contributed by atoms with Crippen molar-refractivity contribution in [1.29, 1.82) is 0 Å². The Morgan fingerprint density at radius 2 is 1.73 bits per heavy atom. The van der Waals surface area contributed by atoms with Crippen LogP contribution in [0.25, 0.3) is 0 Å². The fourth-order valence-corrected chi connectivity index (χ4v) is 4.81. The maximum absolute atomic E-state index is 12.7. The second-order valence-electron chi connectivity index (χ2n) is 9.49. The van der Waals surface area contributed by atoms with Crippen LogP contribution in [-0.4, -0.2) is 47.6 Å². The third-order valence-corrected chi connectivity index (χ3v) is 6.89. The van der Waals surface area contributed by atoms with Crippen molar-refractivity contribution in [1.82, 2.24) is 19.8 Å². The summed E-state index contributed by atoms with van der Waals surface area (Å²) in [6, 6.07) is 6.27. The third-order valence-electron chi connectivity index (χ3n) is 4.98. The molecule has 0 radical (unpaired) electrons. The lowest BCUT2D eigenvalue weighted by molar-refractivity contribution is 0.0465. The summed E-state index contributed by atoms with van der Waals surface area (Å²) in [4.78, 5) is 16.6. The van der Waals surface area contributed by atoms with Crippen LogP contribution in [0.15, 0.2) is 33.7 Å². The number of hydrogen-bond donors (Lipinski definition) is 1. The first-order valence-corrected chi connectivity index (χ1v) is 12.4. The van der Waals surface area contributed by atoms with Gasteiger partial charge in [0.1, 0.15) is 16.9 Å². The molecule has 1 aromatic carbocycles. The molecule has 1 saturated heterocycles. The van der Waals surface area contributed by atoms with Crippen molar-refractivity contribution >= 4 is 16.1 Å². The van der Waals surface area contributed by atoms with Crippen molar-refractivity contribution in [3.63, 3.8) is 0 Å². The third kappa shape index (κ3) is 6.67. The summed E-state index contributed by atoms with van der Waals surface area (Å²) in [5.41, 5.74) is -1.55. The molecule has 1 N–H and O–H groups in total. The number of rotatable bonds is 7. The number of hydrogen-bond acceptors (Lipinski definition) is 8. The lowest BCUT2D eigenvalue weighted by atomic mass is 10.1. The number of sulfonamides is 1. The van der Waals surface area contributed by atoms with E-state index in [1.165, 1.54) is 16.4 Å².